The largest absolute Gasteiger partial charge is 0.379 e. The second kappa shape index (κ2) is 6.45. The molecule has 2 N–H and O–H groups in total. The molecule has 1 aliphatic carbocycles. The first-order valence-corrected chi connectivity index (χ1v) is 10.3. The second-order valence-electron chi connectivity index (χ2n) is 7.98. The van der Waals surface area contributed by atoms with Gasteiger partial charge in [-0.1, -0.05) is 103 Å². The maximum atomic E-state index is 12.6. The lowest BCUT2D eigenvalue weighted by Crippen LogP contribution is -2.34. The van der Waals surface area contributed by atoms with Gasteiger partial charge >= 0.3 is 0 Å². The Balaban J connectivity index is 1.73. The third-order valence-electron chi connectivity index (χ3n) is 6.42. The van der Waals surface area contributed by atoms with Gasteiger partial charge in [0.25, 0.3) is 0 Å². The Morgan fingerprint density at radius 3 is 1.90 bits per heavy atom. The van der Waals surface area contributed by atoms with Crippen LogP contribution >= 0.6 is 0 Å². The fraction of sp³-hybridized carbons (Fsp3) is 0.0714. The molecule has 30 heavy (non-hydrogen) atoms. The first-order chi connectivity index (χ1) is 14.8. The number of H-pyrrole nitrogens is 1. The molecule has 0 spiro atoms. The average molecular weight is 387 g/mol. The molecule has 0 bridgehead atoms. The van der Waals surface area contributed by atoms with E-state index in [-0.39, 0.29) is 5.92 Å². The van der Waals surface area contributed by atoms with Crippen molar-refractivity contribution in [3.8, 4) is 11.3 Å². The average Bonchev–Trinajstić information content (AvgIpc) is 3.35. The maximum absolute atomic E-state index is 12.6. The normalized spacial score (nSPS) is 15.2. The molecule has 0 aliphatic heterocycles. The van der Waals surface area contributed by atoms with Crippen molar-refractivity contribution in [1.29, 1.82) is 0 Å². The van der Waals surface area contributed by atoms with Gasteiger partial charge < -0.3 is 10.1 Å². The molecular weight excluding hydrogens is 366 g/mol. The molecular formula is C28H21NO. The number of aliphatic hydroxyl groups is 1. The molecule has 1 aromatic heterocycles. The lowest BCUT2D eigenvalue weighted by Gasteiger charge is -2.36. The maximum Gasteiger partial charge on any atom is 0.126 e. The predicted molar refractivity (Wildman–Crippen MR) is 121 cm³/mol. The zero-order valence-corrected chi connectivity index (χ0v) is 16.4. The first-order valence-electron chi connectivity index (χ1n) is 10.3. The minimum absolute atomic E-state index is 0.218. The number of hydrogen-bond donors (Lipinski definition) is 2. The monoisotopic (exact) mass is 387 g/mol. The highest BCUT2D eigenvalue weighted by atomic mass is 16.3. The van der Waals surface area contributed by atoms with Crippen molar-refractivity contribution < 1.29 is 5.11 Å². The van der Waals surface area contributed by atoms with E-state index in [1.807, 2.05) is 60.7 Å². The summed E-state index contributed by atoms with van der Waals surface area (Å²) in [7, 11) is 0. The van der Waals surface area contributed by atoms with Gasteiger partial charge in [0, 0.05) is 22.4 Å². The minimum Gasteiger partial charge on any atom is -0.379 e. The Labute approximate surface area is 175 Å². The summed E-state index contributed by atoms with van der Waals surface area (Å²) >= 11 is 0. The summed E-state index contributed by atoms with van der Waals surface area (Å²) in [5.74, 6) is -0.218. The highest BCUT2D eigenvalue weighted by Crippen LogP contribution is 2.56. The first kappa shape index (κ1) is 17.3. The van der Waals surface area contributed by atoms with Crippen LogP contribution in [0.5, 0.6) is 0 Å². The van der Waals surface area contributed by atoms with Crippen molar-refractivity contribution >= 4 is 10.9 Å². The molecule has 2 heteroatoms. The number of nitrogens with one attached hydrogen (secondary N) is 1. The molecule has 144 valence electrons. The van der Waals surface area contributed by atoms with Crippen LogP contribution in [0.25, 0.3) is 22.2 Å². The summed E-state index contributed by atoms with van der Waals surface area (Å²) in [6, 6.07) is 36.9. The SMILES string of the molecule is OC(c1ccccc1)(c1ccccc1)C1c2ccccc2-c2[nH]c3ccccc3c21. The van der Waals surface area contributed by atoms with E-state index in [0.717, 1.165) is 27.9 Å². The number of para-hydroxylation sites is 1. The van der Waals surface area contributed by atoms with Gasteiger partial charge in [-0.3, -0.25) is 0 Å². The van der Waals surface area contributed by atoms with E-state index in [4.69, 9.17) is 0 Å². The molecule has 0 saturated carbocycles. The van der Waals surface area contributed by atoms with Crippen molar-refractivity contribution in [2.24, 2.45) is 0 Å². The van der Waals surface area contributed by atoms with Gasteiger partial charge in [-0.2, -0.15) is 0 Å². The van der Waals surface area contributed by atoms with Crippen molar-refractivity contribution in [2.45, 2.75) is 11.5 Å². The number of hydrogen-bond acceptors (Lipinski definition) is 1. The van der Waals surface area contributed by atoms with Gasteiger partial charge in [0.2, 0.25) is 0 Å². The Morgan fingerprint density at radius 1 is 0.633 bits per heavy atom. The van der Waals surface area contributed by atoms with Crippen LogP contribution in [-0.2, 0) is 5.60 Å². The smallest absolute Gasteiger partial charge is 0.126 e. The van der Waals surface area contributed by atoms with Gasteiger partial charge in [-0.15, -0.1) is 0 Å². The molecule has 0 radical (unpaired) electrons. The fourth-order valence-corrected chi connectivity index (χ4v) is 5.13. The molecule has 0 amide bonds. The van der Waals surface area contributed by atoms with Crippen LogP contribution in [0.15, 0.2) is 109 Å². The molecule has 1 heterocycles. The van der Waals surface area contributed by atoms with E-state index >= 15 is 0 Å². The Bertz CT molecular complexity index is 1310. The fourth-order valence-electron chi connectivity index (χ4n) is 5.13. The van der Waals surface area contributed by atoms with E-state index in [9.17, 15) is 5.11 Å². The number of benzene rings is 4. The van der Waals surface area contributed by atoms with Crippen molar-refractivity contribution in [3.63, 3.8) is 0 Å². The molecule has 6 rings (SSSR count). The summed E-state index contributed by atoms with van der Waals surface area (Å²) in [5, 5.41) is 13.8. The summed E-state index contributed by atoms with van der Waals surface area (Å²) in [6.07, 6.45) is 0. The van der Waals surface area contributed by atoms with Gasteiger partial charge in [0.05, 0.1) is 5.69 Å². The quantitative estimate of drug-likeness (QED) is 0.379. The molecule has 1 aliphatic rings. The standard InChI is InChI=1S/C28H21NO/c30-28(19-11-3-1-4-12-19,20-13-5-2-6-14-20)26-21-15-7-8-16-22(21)27-25(26)23-17-9-10-18-24(23)29-27/h1-18,26,29-30H. The topological polar surface area (TPSA) is 36.0 Å². The number of aromatic nitrogens is 1. The Morgan fingerprint density at radius 2 is 1.20 bits per heavy atom. The predicted octanol–water partition coefficient (Wildman–Crippen LogP) is 6.22. The van der Waals surface area contributed by atoms with Crippen LogP contribution in [0.2, 0.25) is 0 Å². The summed E-state index contributed by atoms with van der Waals surface area (Å²) in [5.41, 5.74) is 6.30. The van der Waals surface area contributed by atoms with E-state index in [1.54, 1.807) is 0 Å². The van der Waals surface area contributed by atoms with Gasteiger partial charge in [0.15, 0.2) is 0 Å². The lowest BCUT2D eigenvalue weighted by atomic mass is 9.71. The number of aromatic amines is 1. The zero-order chi connectivity index (χ0) is 20.1. The third-order valence-corrected chi connectivity index (χ3v) is 6.42. The molecule has 5 aromatic rings. The van der Waals surface area contributed by atoms with E-state index in [1.165, 1.54) is 16.5 Å². The van der Waals surface area contributed by atoms with Crippen LogP contribution in [-0.4, -0.2) is 10.1 Å². The molecule has 1 unspecified atom stereocenters. The number of fused-ring (bicyclic) bond motifs is 5. The van der Waals surface area contributed by atoms with Gasteiger partial charge in [0.1, 0.15) is 5.60 Å². The summed E-state index contributed by atoms with van der Waals surface area (Å²) in [6.45, 7) is 0. The highest BCUT2D eigenvalue weighted by molar-refractivity contribution is 5.96. The van der Waals surface area contributed by atoms with Crippen LogP contribution in [0, 0.1) is 0 Å². The van der Waals surface area contributed by atoms with E-state index in [2.05, 4.69) is 53.5 Å². The molecule has 4 aromatic carbocycles. The molecule has 1 atom stereocenters. The summed E-state index contributed by atoms with van der Waals surface area (Å²) < 4.78 is 0. The van der Waals surface area contributed by atoms with Crippen molar-refractivity contribution in [3.05, 3.63) is 131 Å². The van der Waals surface area contributed by atoms with Crippen LogP contribution in [0.1, 0.15) is 28.2 Å². The summed E-state index contributed by atoms with van der Waals surface area (Å²) in [4.78, 5) is 3.63. The van der Waals surface area contributed by atoms with Gasteiger partial charge in [-0.05, 0) is 28.3 Å². The van der Waals surface area contributed by atoms with Gasteiger partial charge in [-0.25, -0.2) is 0 Å². The van der Waals surface area contributed by atoms with E-state index in [0.29, 0.717) is 0 Å². The van der Waals surface area contributed by atoms with Crippen molar-refractivity contribution in [1.82, 2.24) is 4.98 Å². The Hall–Kier alpha value is -3.62. The second-order valence-corrected chi connectivity index (χ2v) is 7.98. The molecule has 0 saturated heterocycles. The molecule has 0 fully saturated rings. The zero-order valence-electron chi connectivity index (χ0n) is 16.4. The highest BCUT2D eigenvalue weighted by Gasteiger charge is 2.48. The van der Waals surface area contributed by atoms with Crippen molar-refractivity contribution in [2.75, 3.05) is 0 Å². The van der Waals surface area contributed by atoms with Crippen LogP contribution in [0.4, 0.5) is 0 Å². The Kier molecular flexibility index (Phi) is 3.71. The number of rotatable bonds is 3. The van der Waals surface area contributed by atoms with Crippen LogP contribution in [0.3, 0.4) is 0 Å². The van der Waals surface area contributed by atoms with Crippen LogP contribution < -0.4 is 0 Å². The third kappa shape index (κ3) is 2.28. The molecule has 2 nitrogen and oxygen atoms in total. The lowest BCUT2D eigenvalue weighted by molar-refractivity contribution is 0.0643. The minimum atomic E-state index is -1.20. The van der Waals surface area contributed by atoms with E-state index < -0.39 is 5.60 Å².